The van der Waals surface area contributed by atoms with Crippen LogP contribution in [0.25, 0.3) is 17.1 Å². The molecule has 0 aliphatic rings. The molecule has 0 atom stereocenters. The predicted octanol–water partition coefficient (Wildman–Crippen LogP) is 2.91. The zero-order valence-electron chi connectivity index (χ0n) is 10.1. The average molecular weight is 287 g/mol. The molecule has 3 heterocycles. The fraction of sp³-hybridized carbons (Fsp3) is 0. The smallest absolute Gasteiger partial charge is 0.215 e. The lowest BCUT2D eigenvalue weighted by atomic mass is 10.1. The third kappa shape index (κ3) is 2.26. The van der Waals surface area contributed by atoms with E-state index >= 15 is 0 Å². The summed E-state index contributed by atoms with van der Waals surface area (Å²) in [7, 11) is 0. The number of carbonyl (C=O) groups excluding carboxylic acids is 1. The van der Waals surface area contributed by atoms with Crippen molar-refractivity contribution < 1.29 is 14.3 Å². The molecule has 0 radical (unpaired) electrons. The van der Waals surface area contributed by atoms with Gasteiger partial charge in [0.1, 0.15) is 12.1 Å². The summed E-state index contributed by atoms with van der Waals surface area (Å²) in [6.07, 6.45) is 3.83. The summed E-state index contributed by atoms with van der Waals surface area (Å²) in [6.45, 7) is 0. The van der Waals surface area contributed by atoms with Gasteiger partial charge in [0.15, 0.2) is 11.5 Å². The Hall–Kier alpha value is -2.67. The van der Waals surface area contributed by atoms with Gasteiger partial charge >= 0.3 is 0 Å². The highest BCUT2D eigenvalue weighted by Crippen LogP contribution is 2.27. The molecule has 0 unspecified atom stereocenters. The van der Waals surface area contributed by atoms with E-state index in [0.29, 0.717) is 11.3 Å². The molecular weight excluding hydrogens is 278 g/mol. The Morgan fingerprint density at radius 3 is 3.05 bits per heavy atom. The normalized spacial score (nSPS) is 11.7. The Balaban J connectivity index is 1.93. The summed E-state index contributed by atoms with van der Waals surface area (Å²) in [6, 6.07) is 3.43. The van der Waals surface area contributed by atoms with Crippen LogP contribution in [0.15, 0.2) is 46.0 Å². The first-order valence-corrected chi connectivity index (χ1v) is 6.61. The van der Waals surface area contributed by atoms with Crippen LogP contribution in [0, 0.1) is 0 Å². The number of H-pyrrole nitrogens is 1. The second-order valence-electron chi connectivity index (χ2n) is 3.89. The molecular formula is C13H9N3O3S. The second kappa shape index (κ2) is 5.14. The zero-order chi connectivity index (χ0) is 13.9. The number of ketones is 1. The van der Waals surface area contributed by atoms with Gasteiger partial charge in [-0.1, -0.05) is 0 Å². The first-order valence-electron chi connectivity index (χ1n) is 5.67. The van der Waals surface area contributed by atoms with Gasteiger partial charge in [0.25, 0.3) is 0 Å². The standard InChI is InChI=1S/C13H9N3O3S/c17-10(5-11(18)13-14-7-15-16-13)9-1-3-19-12(9)8-2-4-20-6-8/h1-7,18H,(H,14,15,16). The number of aromatic nitrogens is 3. The van der Waals surface area contributed by atoms with Crippen LogP contribution in [0.3, 0.4) is 0 Å². The Morgan fingerprint density at radius 2 is 2.35 bits per heavy atom. The molecule has 2 N–H and O–H groups in total. The maximum absolute atomic E-state index is 12.2. The van der Waals surface area contributed by atoms with E-state index in [0.717, 1.165) is 11.6 Å². The molecule has 3 aromatic heterocycles. The summed E-state index contributed by atoms with van der Waals surface area (Å²) >= 11 is 1.51. The number of nitrogens with one attached hydrogen (secondary N) is 1. The number of hydrogen-bond acceptors (Lipinski definition) is 6. The van der Waals surface area contributed by atoms with Crippen molar-refractivity contribution in [1.29, 1.82) is 0 Å². The molecule has 3 aromatic rings. The molecule has 0 amide bonds. The van der Waals surface area contributed by atoms with Crippen molar-refractivity contribution >= 4 is 22.9 Å². The van der Waals surface area contributed by atoms with E-state index in [-0.39, 0.29) is 17.4 Å². The Labute approximate surface area is 117 Å². The molecule has 0 aliphatic carbocycles. The van der Waals surface area contributed by atoms with Crippen LogP contribution >= 0.6 is 11.3 Å². The van der Waals surface area contributed by atoms with E-state index in [4.69, 9.17) is 4.42 Å². The highest BCUT2D eigenvalue weighted by atomic mass is 32.1. The molecule has 0 saturated heterocycles. The SMILES string of the molecule is O=C(C=C(O)c1nc[nH]n1)c1ccoc1-c1ccsc1. The lowest BCUT2D eigenvalue weighted by molar-refractivity contribution is 0.104. The van der Waals surface area contributed by atoms with E-state index in [1.807, 2.05) is 16.8 Å². The van der Waals surface area contributed by atoms with Gasteiger partial charge in [-0.25, -0.2) is 4.98 Å². The van der Waals surface area contributed by atoms with Gasteiger partial charge in [-0.05, 0) is 17.5 Å². The van der Waals surface area contributed by atoms with Crippen LogP contribution in [0.5, 0.6) is 0 Å². The van der Waals surface area contributed by atoms with Gasteiger partial charge in [-0.2, -0.15) is 16.4 Å². The largest absolute Gasteiger partial charge is 0.504 e. The molecule has 0 spiro atoms. The zero-order valence-corrected chi connectivity index (χ0v) is 10.9. The molecule has 0 bridgehead atoms. The quantitative estimate of drug-likeness (QED) is 0.437. The minimum atomic E-state index is -0.373. The van der Waals surface area contributed by atoms with Crippen LogP contribution in [-0.2, 0) is 0 Å². The van der Waals surface area contributed by atoms with Gasteiger partial charge in [0, 0.05) is 17.0 Å². The summed E-state index contributed by atoms with van der Waals surface area (Å²) in [5.41, 5.74) is 1.21. The number of furan rings is 1. The summed E-state index contributed by atoms with van der Waals surface area (Å²) in [5.74, 6) is -0.120. The predicted molar refractivity (Wildman–Crippen MR) is 73.3 cm³/mol. The molecule has 0 fully saturated rings. The number of aliphatic hydroxyl groups excluding tert-OH is 1. The van der Waals surface area contributed by atoms with E-state index in [1.165, 1.54) is 23.9 Å². The molecule has 100 valence electrons. The fourth-order valence-electron chi connectivity index (χ4n) is 1.72. The van der Waals surface area contributed by atoms with E-state index in [1.54, 1.807) is 6.07 Å². The molecule has 20 heavy (non-hydrogen) atoms. The second-order valence-corrected chi connectivity index (χ2v) is 4.67. The topological polar surface area (TPSA) is 92.0 Å². The van der Waals surface area contributed by atoms with E-state index in [9.17, 15) is 9.90 Å². The maximum atomic E-state index is 12.2. The monoisotopic (exact) mass is 287 g/mol. The van der Waals surface area contributed by atoms with Crippen LogP contribution < -0.4 is 0 Å². The number of nitrogens with zero attached hydrogens (tertiary/aromatic N) is 2. The number of hydrogen-bond donors (Lipinski definition) is 2. The third-order valence-electron chi connectivity index (χ3n) is 2.63. The van der Waals surface area contributed by atoms with Crippen molar-refractivity contribution in [2.75, 3.05) is 0 Å². The number of aromatic amines is 1. The van der Waals surface area contributed by atoms with Crippen molar-refractivity contribution in [1.82, 2.24) is 15.2 Å². The minimum Gasteiger partial charge on any atom is -0.504 e. The fourth-order valence-corrected chi connectivity index (χ4v) is 2.36. The lowest BCUT2D eigenvalue weighted by Gasteiger charge is -1.97. The van der Waals surface area contributed by atoms with E-state index in [2.05, 4.69) is 15.2 Å². The Bertz CT molecular complexity index is 742. The van der Waals surface area contributed by atoms with Crippen LogP contribution in [-0.4, -0.2) is 26.1 Å². The van der Waals surface area contributed by atoms with Crippen molar-refractivity contribution in [3.8, 4) is 11.3 Å². The Morgan fingerprint density at radius 1 is 1.45 bits per heavy atom. The van der Waals surface area contributed by atoms with Gasteiger partial charge in [0.2, 0.25) is 5.82 Å². The number of carbonyl (C=O) groups is 1. The van der Waals surface area contributed by atoms with Gasteiger partial charge in [-0.15, -0.1) is 0 Å². The molecule has 7 heteroatoms. The molecule has 6 nitrogen and oxygen atoms in total. The van der Waals surface area contributed by atoms with Crippen LogP contribution in [0.4, 0.5) is 0 Å². The number of rotatable bonds is 4. The first kappa shape index (κ1) is 12.4. The number of thiophene rings is 1. The number of allylic oxidation sites excluding steroid dienone is 1. The maximum Gasteiger partial charge on any atom is 0.215 e. The van der Waals surface area contributed by atoms with Crippen molar-refractivity contribution in [2.24, 2.45) is 0 Å². The molecule has 0 saturated carbocycles. The summed E-state index contributed by atoms with van der Waals surface area (Å²) in [5, 5.41) is 19.7. The average Bonchev–Trinajstić information content (AvgIpc) is 3.19. The first-order chi connectivity index (χ1) is 9.75. The summed E-state index contributed by atoms with van der Waals surface area (Å²) in [4.78, 5) is 15.9. The third-order valence-corrected chi connectivity index (χ3v) is 3.31. The van der Waals surface area contributed by atoms with Crippen molar-refractivity contribution in [2.45, 2.75) is 0 Å². The number of aliphatic hydroxyl groups is 1. The van der Waals surface area contributed by atoms with Gasteiger partial charge < -0.3 is 9.52 Å². The van der Waals surface area contributed by atoms with Gasteiger partial charge in [0.05, 0.1) is 11.8 Å². The highest BCUT2D eigenvalue weighted by molar-refractivity contribution is 7.08. The lowest BCUT2D eigenvalue weighted by Crippen LogP contribution is -1.97. The molecule has 0 aromatic carbocycles. The molecule has 0 aliphatic heterocycles. The Kier molecular flexibility index (Phi) is 3.18. The van der Waals surface area contributed by atoms with Crippen LogP contribution in [0.2, 0.25) is 0 Å². The van der Waals surface area contributed by atoms with E-state index < -0.39 is 0 Å². The minimum absolute atomic E-state index is 0.0685. The van der Waals surface area contributed by atoms with Gasteiger partial charge in [-0.3, -0.25) is 9.89 Å². The van der Waals surface area contributed by atoms with Crippen molar-refractivity contribution in [3.63, 3.8) is 0 Å². The van der Waals surface area contributed by atoms with Crippen molar-refractivity contribution in [3.05, 3.63) is 52.9 Å². The van der Waals surface area contributed by atoms with Crippen LogP contribution in [0.1, 0.15) is 16.2 Å². The molecule has 3 rings (SSSR count). The highest BCUT2D eigenvalue weighted by Gasteiger charge is 2.16. The summed E-state index contributed by atoms with van der Waals surface area (Å²) < 4.78 is 5.34.